The van der Waals surface area contributed by atoms with Gasteiger partial charge in [-0.1, -0.05) is 45.1 Å². The van der Waals surface area contributed by atoms with Gasteiger partial charge in [-0.05, 0) is 99.5 Å². The van der Waals surface area contributed by atoms with Crippen LogP contribution in [0.4, 0.5) is 0 Å². The van der Waals surface area contributed by atoms with Crippen LogP contribution < -0.4 is 0 Å². The van der Waals surface area contributed by atoms with Crippen LogP contribution in [0.5, 0.6) is 0 Å². The lowest BCUT2D eigenvalue weighted by Gasteiger charge is -2.44. The summed E-state index contributed by atoms with van der Waals surface area (Å²) in [4.78, 5) is 0. The summed E-state index contributed by atoms with van der Waals surface area (Å²) in [5, 5.41) is 30.7. The van der Waals surface area contributed by atoms with E-state index in [1.165, 1.54) is 31.3 Å². The average Bonchev–Trinajstić information content (AvgIpc) is 3.15. The molecule has 33 heavy (non-hydrogen) atoms. The Bertz CT molecular complexity index is 734. The van der Waals surface area contributed by atoms with E-state index in [1.54, 1.807) is 0 Å². The molecule has 3 N–H and O–H groups in total. The lowest BCUT2D eigenvalue weighted by Crippen LogP contribution is -2.39. The highest BCUT2D eigenvalue weighted by atomic mass is 16.5. The summed E-state index contributed by atoms with van der Waals surface area (Å²) in [6, 6.07) is 0. The van der Waals surface area contributed by atoms with Crippen molar-refractivity contribution in [2.45, 2.75) is 122 Å². The molecule has 3 rings (SSSR count). The Morgan fingerprint density at radius 3 is 2.64 bits per heavy atom. The van der Waals surface area contributed by atoms with Crippen molar-refractivity contribution in [1.82, 2.24) is 0 Å². The molecule has 0 heterocycles. The number of aliphatic hydroxyl groups is 3. The second-order valence-electron chi connectivity index (χ2n) is 11.3. The molecule has 3 saturated carbocycles. The van der Waals surface area contributed by atoms with Crippen LogP contribution in [0.3, 0.4) is 0 Å². The van der Waals surface area contributed by atoms with E-state index in [4.69, 9.17) is 4.74 Å². The summed E-state index contributed by atoms with van der Waals surface area (Å²) in [5.41, 5.74) is 3.00. The molecule has 0 aliphatic heterocycles. The first-order valence-corrected chi connectivity index (χ1v) is 13.4. The fourth-order valence-electron chi connectivity index (χ4n) is 6.91. The Morgan fingerprint density at radius 2 is 1.94 bits per heavy atom. The van der Waals surface area contributed by atoms with Gasteiger partial charge in [0, 0.05) is 13.0 Å². The Morgan fingerprint density at radius 1 is 1.21 bits per heavy atom. The lowest BCUT2D eigenvalue weighted by atomic mass is 9.62. The number of hydrogen-bond acceptors (Lipinski definition) is 4. The van der Waals surface area contributed by atoms with Crippen molar-refractivity contribution in [2.24, 2.45) is 17.3 Å². The molecule has 4 heteroatoms. The van der Waals surface area contributed by atoms with Gasteiger partial charge in [-0.15, -0.1) is 0 Å². The maximum atomic E-state index is 10.5. The average molecular weight is 461 g/mol. The van der Waals surface area contributed by atoms with Gasteiger partial charge in [-0.2, -0.15) is 0 Å². The van der Waals surface area contributed by atoms with Crippen molar-refractivity contribution in [3.05, 3.63) is 35.5 Å². The van der Waals surface area contributed by atoms with Gasteiger partial charge in [0.05, 0.1) is 23.9 Å². The summed E-state index contributed by atoms with van der Waals surface area (Å²) in [6.45, 7) is 13.6. The van der Waals surface area contributed by atoms with Crippen LogP contribution in [0.15, 0.2) is 35.5 Å². The molecule has 6 atom stereocenters. The minimum absolute atomic E-state index is 0.234. The van der Waals surface area contributed by atoms with Crippen LogP contribution in [0.25, 0.3) is 0 Å². The monoisotopic (exact) mass is 460 g/mol. The predicted octanol–water partition coefficient (Wildman–Crippen LogP) is 5.86. The third-order valence-electron chi connectivity index (χ3n) is 9.35. The van der Waals surface area contributed by atoms with Gasteiger partial charge in [-0.3, -0.25) is 0 Å². The van der Waals surface area contributed by atoms with Crippen LogP contribution in [-0.2, 0) is 4.74 Å². The van der Waals surface area contributed by atoms with Crippen molar-refractivity contribution in [3.63, 3.8) is 0 Å². The molecule has 0 bridgehead atoms. The van der Waals surface area contributed by atoms with Crippen LogP contribution in [0, 0.1) is 17.3 Å². The highest BCUT2D eigenvalue weighted by molar-refractivity contribution is 5.38. The van der Waals surface area contributed by atoms with Crippen LogP contribution in [-0.4, -0.2) is 45.8 Å². The Labute approximate surface area is 201 Å². The molecule has 0 aromatic carbocycles. The number of hydrogen-bond donors (Lipinski definition) is 3. The van der Waals surface area contributed by atoms with E-state index >= 15 is 0 Å². The molecule has 0 aromatic heterocycles. The molecule has 4 nitrogen and oxygen atoms in total. The zero-order valence-electron chi connectivity index (χ0n) is 21.5. The maximum Gasteiger partial charge on any atom is 0.0811 e. The zero-order chi connectivity index (χ0) is 24.2. The van der Waals surface area contributed by atoms with E-state index in [1.807, 2.05) is 0 Å². The first kappa shape index (κ1) is 26.7. The summed E-state index contributed by atoms with van der Waals surface area (Å²) in [7, 11) is 0. The minimum Gasteiger partial charge on any atom is -0.393 e. The summed E-state index contributed by atoms with van der Waals surface area (Å²) in [5.74, 6) is 1.14. The van der Waals surface area contributed by atoms with E-state index in [0.717, 1.165) is 49.9 Å². The molecule has 0 radical (unpaired) electrons. The fourth-order valence-corrected chi connectivity index (χ4v) is 6.91. The maximum absolute atomic E-state index is 10.5. The highest BCUT2D eigenvalue weighted by Gasteiger charge is 2.51. The summed E-state index contributed by atoms with van der Waals surface area (Å²) >= 11 is 0. The van der Waals surface area contributed by atoms with Crippen molar-refractivity contribution < 1.29 is 20.1 Å². The van der Waals surface area contributed by atoms with Gasteiger partial charge in [-0.25, -0.2) is 0 Å². The summed E-state index contributed by atoms with van der Waals surface area (Å²) in [6.07, 6.45) is 13.8. The normalized spacial score (nSPS) is 36.4. The third kappa shape index (κ3) is 6.01. The Balaban J connectivity index is 1.62. The van der Waals surface area contributed by atoms with Crippen LogP contribution in [0.2, 0.25) is 0 Å². The van der Waals surface area contributed by atoms with Gasteiger partial charge in [0.2, 0.25) is 0 Å². The number of aliphatic hydroxyl groups excluding tert-OH is 2. The van der Waals surface area contributed by atoms with Gasteiger partial charge in [0.1, 0.15) is 0 Å². The quantitative estimate of drug-likeness (QED) is 0.377. The molecule has 0 saturated heterocycles. The largest absolute Gasteiger partial charge is 0.393 e. The van der Waals surface area contributed by atoms with E-state index in [-0.39, 0.29) is 11.5 Å². The number of ether oxygens (including phenoxy) is 1. The topological polar surface area (TPSA) is 69.9 Å². The SMILES string of the molecule is C=C1/C(=C\C=C2\CCC[C@]3(C)[C@@H]([C@H](C)OCCCC(O)(CC)CC)CC[C@@H]23)C[C@@H](O)C[C@@H]1O. The van der Waals surface area contributed by atoms with Gasteiger partial charge < -0.3 is 20.1 Å². The van der Waals surface area contributed by atoms with E-state index in [0.29, 0.717) is 24.7 Å². The molecule has 0 unspecified atom stereocenters. The molecular weight excluding hydrogens is 412 g/mol. The van der Waals surface area contributed by atoms with Gasteiger partial charge >= 0.3 is 0 Å². The smallest absolute Gasteiger partial charge is 0.0811 e. The molecule has 3 fully saturated rings. The Hall–Kier alpha value is -0.940. The molecular formula is C29H48O4. The van der Waals surface area contributed by atoms with Crippen molar-refractivity contribution in [1.29, 1.82) is 0 Å². The first-order chi connectivity index (χ1) is 15.6. The van der Waals surface area contributed by atoms with E-state index < -0.39 is 17.8 Å². The van der Waals surface area contributed by atoms with Crippen molar-refractivity contribution in [3.8, 4) is 0 Å². The molecule has 3 aliphatic rings. The van der Waals surface area contributed by atoms with Crippen LogP contribution >= 0.6 is 0 Å². The zero-order valence-corrected chi connectivity index (χ0v) is 21.5. The van der Waals surface area contributed by atoms with Crippen LogP contribution in [0.1, 0.15) is 98.3 Å². The molecule has 188 valence electrons. The van der Waals surface area contributed by atoms with E-state index in [9.17, 15) is 15.3 Å². The Kier molecular flexibility index (Phi) is 9.05. The number of fused-ring (bicyclic) bond motifs is 1. The lowest BCUT2D eigenvalue weighted by molar-refractivity contribution is -0.0365. The van der Waals surface area contributed by atoms with E-state index in [2.05, 4.69) is 46.4 Å². The predicted molar refractivity (Wildman–Crippen MR) is 135 cm³/mol. The summed E-state index contributed by atoms with van der Waals surface area (Å²) < 4.78 is 6.34. The molecule has 0 amide bonds. The van der Waals surface area contributed by atoms with Crippen molar-refractivity contribution in [2.75, 3.05) is 6.61 Å². The first-order valence-electron chi connectivity index (χ1n) is 13.4. The standard InChI is InChI=1S/C29H48O4/c1-6-29(32,7-2)16-9-17-33-21(4)25-13-14-26-22(10-8-15-28(25,26)5)11-12-23-18-24(30)19-27(31)20(23)3/h11-12,21,24-27,30-32H,3,6-10,13-19H2,1-2,4-5H3/b22-11-,23-12-/t21-,24+,25+,26-,27-,28+/m0/s1. The van der Waals surface area contributed by atoms with Crippen molar-refractivity contribution >= 4 is 0 Å². The highest BCUT2D eigenvalue weighted by Crippen LogP contribution is 2.58. The molecule has 0 aromatic rings. The third-order valence-corrected chi connectivity index (χ3v) is 9.35. The minimum atomic E-state index is -0.630. The fraction of sp³-hybridized carbons (Fsp3) is 0.793. The molecule has 3 aliphatic carbocycles. The second-order valence-corrected chi connectivity index (χ2v) is 11.3. The number of rotatable bonds is 9. The molecule has 0 spiro atoms. The second kappa shape index (κ2) is 11.2. The van der Waals surface area contributed by atoms with Gasteiger partial charge in [0.25, 0.3) is 0 Å². The number of allylic oxidation sites excluding steroid dienone is 3. The van der Waals surface area contributed by atoms with Gasteiger partial charge in [0.15, 0.2) is 0 Å².